The van der Waals surface area contributed by atoms with Crippen molar-refractivity contribution in [3.8, 4) is 0 Å². The highest BCUT2D eigenvalue weighted by molar-refractivity contribution is 5.78. The van der Waals surface area contributed by atoms with Crippen molar-refractivity contribution in [1.29, 1.82) is 0 Å². The minimum atomic E-state index is 0.0295. The van der Waals surface area contributed by atoms with Gasteiger partial charge in [-0.15, -0.1) is 0 Å². The maximum Gasteiger partial charge on any atom is 0.234 e. The van der Waals surface area contributed by atoms with Gasteiger partial charge in [-0.1, -0.05) is 6.92 Å². The summed E-state index contributed by atoms with van der Waals surface area (Å²) >= 11 is 0. The zero-order valence-electron chi connectivity index (χ0n) is 9.42. The molecule has 0 aliphatic rings. The fourth-order valence-electron chi connectivity index (χ4n) is 1.30. The van der Waals surface area contributed by atoms with Gasteiger partial charge in [0.2, 0.25) is 5.91 Å². The molecule has 4 nitrogen and oxygen atoms in total. The van der Waals surface area contributed by atoms with Crippen LogP contribution in [0.1, 0.15) is 27.2 Å². The summed E-state index contributed by atoms with van der Waals surface area (Å²) < 4.78 is 0. The van der Waals surface area contributed by atoms with E-state index in [1.807, 2.05) is 18.7 Å². The van der Waals surface area contributed by atoms with Crippen LogP contribution in [0.15, 0.2) is 0 Å². The Kier molecular flexibility index (Phi) is 7.42. The summed E-state index contributed by atoms with van der Waals surface area (Å²) in [6, 6.07) is 0.181. The second-order valence-electron chi connectivity index (χ2n) is 3.72. The zero-order chi connectivity index (χ0) is 11.0. The molecule has 1 amide bonds. The molecule has 0 aromatic carbocycles. The van der Waals surface area contributed by atoms with Crippen LogP contribution in [-0.4, -0.2) is 48.2 Å². The van der Waals surface area contributed by atoms with E-state index in [2.05, 4.69) is 12.2 Å². The summed E-state index contributed by atoms with van der Waals surface area (Å²) in [6.07, 6.45) is 0.995. The van der Waals surface area contributed by atoms with Gasteiger partial charge >= 0.3 is 0 Å². The summed E-state index contributed by atoms with van der Waals surface area (Å²) in [5.41, 5.74) is 0. The standard InChI is InChI=1S/C10H22N2O2/c1-4-5-12(6-7-13)8-10(14)11-9(2)3/h9,13H,4-8H2,1-3H3,(H,11,14). The largest absolute Gasteiger partial charge is 0.395 e. The van der Waals surface area contributed by atoms with E-state index in [4.69, 9.17) is 5.11 Å². The molecule has 0 saturated heterocycles. The third kappa shape index (κ3) is 6.86. The molecule has 0 aromatic heterocycles. The molecule has 0 aliphatic heterocycles. The zero-order valence-corrected chi connectivity index (χ0v) is 9.42. The lowest BCUT2D eigenvalue weighted by Gasteiger charge is -2.20. The minimum Gasteiger partial charge on any atom is -0.395 e. The van der Waals surface area contributed by atoms with Gasteiger partial charge in [0.1, 0.15) is 0 Å². The van der Waals surface area contributed by atoms with Crippen LogP contribution in [-0.2, 0) is 4.79 Å². The second-order valence-corrected chi connectivity index (χ2v) is 3.72. The number of amides is 1. The van der Waals surface area contributed by atoms with E-state index in [-0.39, 0.29) is 18.6 Å². The summed E-state index contributed by atoms with van der Waals surface area (Å²) in [5.74, 6) is 0.0295. The van der Waals surface area contributed by atoms with E-state index in [0.29, 0.717) is 13.1 Å². The van der Waals surface area contributed by atoms with Gasteiger partial charge in [-0.2, -0.15) is 0 Å². The van der Waals surface area contributed by atoms with Crippen LogP contribution in [0, 0.1) is 0 Å². The van der Waals surface area contributed by atoms with Crippen molar-refractivity contribution in [2.45, 2.75) is 33.2 Å². The number of carbonyl (C=O) groups is 1. The Balaban J connectivity index is 3.82. The average Bonchev–Trinajstić information content (AvgIpc) is 2.03. The van der Waals surface area contributed by atoms with Crippen molar-refractivity contribution >= 4 is 5.91 Å². The number of aliphatic hydroxyl groups excluding tert-OH is 1. The van der Waals surface area contributed by atoms with Gasteiger partial charge in [0.15, 0.2) is 0 Å². The molecule has 0 unspecified atom stereocenters. The predicted molar refractivity (Wildman–Crippen MR) is 57.1 cm³/mol. The molecular formula is C10H22N2O2. The molecule has 0 aliphatic carbocycles. The van der Waals surface area contributed by atoms with Gasteiger partial charge in [0, 0.05) is 12.6 Å². The first kappa shape index (κ1) is 13.4. The van der Waals surface area contributed by atoms with Crippen molar-refractivity contribution in [2.75, 3.05) is 26.2 Å². The van der Waals surface area contributed by atoms with Crippen LogP contribution in [0.2, 0.25) is 0 Å². The predicted octanol–water partition coefficient (Wildman–Crippen LogP) is 0.215. The topological polar surface area (TPSA) is 52.6 Å². The van der Waals surface area contributed by atoms with Crippen LogP contribution in [0.25, 0.3) is 0 Å². The molecule has 0 rings (SSSR count). The van der Waals surface area contributed by atoms with Crippen molar-refractivity contribution in [3.05, 3.63) is 0 Å². The van der Waals surface area contributed by atoms with E-state index in [0.717, 1.165) is 13.0 Å². The highest BCUT2D eigenvalue weighted by Gasteiger charge is 2.09. The minimum absolute atomic E-state index is 0.0295. The molecule has 0 fully saturated rings. The number of nitrogens with one attached hydrogen (secondary N) is 1. The first-order valence-corrected chi connectivity index (χ1v) is 5.22. The quantitative estimate of drug-likeness (QED) is 0.621. The number of hydrogen-bond donors (Lipinski definition) is 2. The molecule has 0 aromatic rings. The summed E-state index contributed by atoms with van der Waals surface area (Å²) in [6.45, 7) is 7.85. The smallest absolute Gasteiger partial charge is 0.234 e. The highest BCUT2D eigenvalue weighted by Crippen LogP contribution is 1.91. The van der Waals surface area contributed by atoms with Crippen LogP contribution < -0.4 is 5.32 Å². The molecule has 0 spiro atoms. The molecule has 0 saturated carbocycles. The number of nitrogens with zero attached hydrogens (tertiary/aromatic N) is 1. The lowest BCUT2D eigenvalue weighted by Crippen LogP contribution is -2.41. The maximum absolute atomic E-state index is 11.4. The maximum atomic E-state index is 11.4. The fraction of sp³-hybridized carbons (Fsp3) is 0.900. The van der Waals surface area contributed by atoms with Crippen molar-refractivity contribution < 1.29 is 9.90 Å². The van der Waals surface area contributed by atoms with Gasteiger partial charge < -0.3 is 10.4 Å². The fourth-order valence-corrected chi connectivity index (χ4v) is 1.30. The Bertz CT molecular complexity index is 154. The summed E-state index contributed by atoms with van der Waals surface area (Å²) in [4.78, 5) is 13.3. The molecule has 0 radical (unpaired) electrons. The van der Waals surface area contributed by atoms with Gasteiger partial charge in [-0.3, -0.25) is 9.69 Å². The van der Waals surface area contributed by atoms with Crippen LogP contribution in [0.3, 0.4) is 0 Å². The SMILES string of the molecule is CCCN(CCO)CC(=O)NC(C)C. The van der Waals surface area contributed by atoms with E-state index in [1.54, 1.807) is 0 Å². The van der Waals surface area contributed by atoms with Gasteiger partial charge in [0.25, 0.3) is 0 Å². The Morgan fingerprint density at radius 1 is 1.43 bits per heavy atom. The average molecular weight is 202 g/mol. The molecule has 14 heavy (non-hydrogen) atoms. The Labute approximate surface area is 86.3 Å². The van der Waals surface area contributed by atoms with Crippen LogP contribution in [0.5, 0.6) is 0 Å². The molecule has 0 atom stereocenters. The van der Waals surface area contributed by atoms with Crippen molar-refractivity contribution in [1.82, 2.24) is 10.2 Å². The molecule has 4 heteroatoms. The number of aliphatic hydroxyl groups is 1. The monoisotopic (exact) mass is 202 g/mol. The van der Waals surface area contributed by atoms with Crippen LogP contribution >= 0.6 is 0 Å². The number of carbonyl (C=O) groups excluding carboxylic acids is 1. The van der Waals surface area contributed by atoms with E-state index in [1.165, 1.54) is 0 Å². The van der Waals surface area contributed by atoms with Gasteiger partial charge in [-0.05, 0) is 26.8 Å². The Morgan fingerprint density at radius 3 is 2.50 bits per heavy atom. The summed E-state index contributed by atoms with van der Waals surface area (Å²) in [5, 5.41) is 11.6. The first-order valence-electron chi connectivity index (χ1n) is 5.22. The third-order valence-electron chi connectivity index (χ3n) is 1.77. The molecule has 84 valence electrons. The second kappa shape index (κ2) is 7.76. The van der Waals surface area contributed by atoms with E-state index in [9.17, 15) is 4.79 Å². The van der Waals surface area contributed by atoms with Crippen molar-refractivity contribution in [2.24, 2.45) is 0 Å². The third-order valence-corrected chi connectivity index (χ3v) is 1.77. The van der Waals surface area contributed by atoms with Crippen LogP contribution in [0.4, 0.5) is 0 Å². The summed E-state index contributed by atoms with van der Waals surface area (Å²) in [7, 11) is 0. The lowest BCUT2D eigenvalue weighted by molar-refractivity contribution is -0.122. The molecule has 0 heterocycles. The van der Waals surface area contributed by atoms with Crippen molar-refractivity contribution in [3.63, 3.8) is 0 Å². The Morgan fingerprint density at radius 2 is 2.07 bits per heavy atom. The number of rotatable bonds is 7. The molecular weight excluding hydrogens is 180 g/mol. The first-order chi connectivity index (χ1) is 6.60. The van der Waals surface area contributed by atoms with Gasteiger partial charge in [-0.25, -0.2) is 0 Å². The highest BCUT2D eigenvalue weighted by atomic mass is 16.3. The van der Waals surface area contributed by atoms with E-state index < -0.39 is 0 Å². The lowest BCUT2D eigenvalue weighted by atomic mass is 10.3. The normalized spacial score (nSPS) is 11.0. The Hall–Kier alpha value is -0.610. The van der Waals surface area contributed by atoms with E-state index >= 15 is 0 Å². The molecule has 2 N–H and O–H groups in total. The number of hydrogen-bond acceptors (Lipinski definition) is 3. The molecule has 0 bridgehead atoms. The van der Waals surface area contributed by atoms with Gasteiger partial charge in [0.05, 0.1) is 13.2 Å².